The summed E-state index contributed by atoms with van der Waals surface area (Å²) >= 11 is 11.8. The first kappa shape index (κ1) is 13.0. The molecule has 1 aromatic heterocycles. The summed E-state index contributed by atoms with van der Waals surface area (Å²) in [6, 6.07) is 9.51. The lowest BCUT2D eigenvalue weighted by atomic mass is 10.0. The van der Waals surface area contributed by atoms with Crippen LogP contribution in [0.1, 0.15) is 11.1 Å². The van der Waals surface area contributed by atoms with Gasteiger partial charge in [-0.25, -0.2) is 9.97 Å². The molecule has 0 amide bonds. The SMILES string of the molecule is O=C(Cc1ccccc1)Cc1c(Cl)ncnc1Cl. The van der Waals surface area contributed by atoms with Crippen molar-refractivity contribution in [2.24, 2.45) is 0 Å². The van der Waals surface area contributed by atoms with Gasteiger partial charge in [-0.2, -0.15) is 0 Å². The van der Waals surface area contributed by atoms with Crippen molar-refractivity contribution in [2.75, 3.05) is 0 Å². The molecule has 0 unspecified atom stereocenters. The zero-order valence-electron chi connectivity index (χ0n) is 9.44. The Hall–Kier alpha value is -1.45. The summed E-state index contributed by atoms with van der Waals surface area (Å²) in [4.78, 5) is 19.5. The summed E-state index contributed by atoms with van der Waals surface area (Å²) in [5, 5.41) is 0.466. The molecular formula is C13H10Cl2N2O. The van der Waals surface area contributed by atoms with Gasteiger partial charge in [-0.1, -0.05) is 53.5 Å². The van der Waals surface area contributed by atoms with Crippen LogP contribution in [0.15, 0.2) is 36.7 Å². The van der Waals surface area contributed by atoms with Crippen LogP contribution in [0, 0.1) is 0 Å². The van der Waals surface area contributed by atoms with E-state index in [0.717, 1.165) is 5.56 Å². The Kier molecular flexibility index (Phi) is 4.28. The monoisotopic (exact) mass is 280 g/mol. The highest BCUT2D eigenvalue weighted by molar-refractivity contribution is 6.34. The molecule has 1 aromatic carbocycles. The number of halogens is 2. The number of hydrogen-bond acceptors (Lipinski definition) is 3. The molecule has 0 radical (unpaired) electrons. The average Bonchev–Trinajstić information content (AvgIpc) is 2.35. The molecule has 0 aliphatic carbocycles. The van der Waals surface area contributed by atoms with Crippen molar-refractivity contribution in [3.8, 4) is 0 Å². The first-order valence-electron chi connectivity index (χ1n) is 5.37. The van der Waals surface area contributed by atoms with Gasteiger partial charge in [0.25, 0.3) is 0 Å². The van der Waals surface area contributed by atoms with Gasteiger partial charge < -0.3 is 0 Å². The molecule has 0 aliphatic rings. The average molecular weight is 281 g/mol. The third-order valence-corrected chi connectivity index (χ3v) is 3.11. The minimum atomic E-state index is 0.0276. The van der Waals surface area contributed by atoms with Crippen LogP contribution in [0.5, 0.6) is 0 Å². The fraction of sp³-hybridized carbons (Fsp3) is 0.154. The van der Waals surface area contributed by atoms with Gasteiger partial charge in [0.2, 0.25) is 0 Å². The van der Waals surface area contributed by atoms with Crippen molar-refractivity contribution in [3.63, 3.8) is 0 Å². The third-order valence-electron chi connectivity index (χ3n) is 2.46. The Balaban J connectivity index is 2.08. The molecule has 18 heavy (non-hydrogen) atoms. The van der Waals surface area contributed by atoms with Crippen LogP contribution in [0.2, 0.25) is 10.3 Å². The summed E-state index contributed by atoms with van der Waals surface area (Å²) in [5.74, 6) is 0.0276. The summed E-state index contributed by atoms with van der Waals surface area (Å²) in [5.41, 5.74) is 1.45. The number of benzene rings is 1. The predicted molar refractivity (Wildman–Crippen MR) is 70.9 cm³/mol. The smallest absolute Gasteiger partial charge is 0.141 e. The van der Waals surface area contributed by atoms with E-state index in [4.69, 9.17) is 23.2 Å². The highest BCUT2D eigenvalue weighted by atomic mass is 35.5. The largest absolute Gasteiger partial charge is 0.299 e. The number of carbonyl (C=O) groups excluding carboxylic acids is 1. The highest BCUT2D eigenvalue weighted by Crippen LogP contribution is 2.20. The third kappa shape index (κ3) is 3.28. The van der Waals surface area contributed by atoms with Crippen LogP contribution in [0.25, 0.3) is 0 Å². The number of ketones is 1. The lowest BCUT2D eigenvalue weighted by Gasteiger charge is -2.04. The highest BCUT2D eigenvalue weighted by Gasteiger charge is 2.13. The number of rotatable bonds is 4. The molecule has 1 heterocycles. The van der Waals surface area contributed by atoms with E-state index in [0.29, 0.717) is 12.0 Å². The van der Waals surface area contributed by atoms with Gasteiger partial charge in [-0.3, -0.25) is 4.79 Å². The molecule has 5 heteroatoms. The van der Waals surface area contributed by atoms with Crippen molar-refractivity contribution in [3.05, 3.63) is 58.1 Å². The predicted octanol–water partition coefficient (Wildman–Crippen LogP) is 3.14. The van der Waals surface area contributed by atoms with E-state index in [1.54, 1.807) is 0 Å². The van der Waals surface area contributed by atoms with Gasteiger partial charge in [0.15, 0.2) is 0 Å². The second-order valence-electron chi connectivity index (χ2n) is 3.81. The van der Waals surface area contributed by atoms with Crippen LogP contribution in [0.4, 0.5) is 0 Å². The van der Waals surface area contributed by atoms with Crippen LogP contribution < -0.4 is 0 Å². The van der Waals surface area contributed by atoms with E-state index in [1.165, 1.54) is 6.33 Å². The molecule has 0 fully saturated rings. The Morgan fingerprint density at radius 2 is 1.61 bits per heavy atom. The second kappa shape index (κ2) is 5.94. The number of carbonyl (C=O) groups is 1. The van der Waals surface area contributed by atoms with Gasteiger partial charge in [0.05, 0.1) is 0 Å². The van der Waals surface area contributed by atoms with E-state index >= 15 is 0 Å². The molecule has 3 nitrogen and oxygen atoms in total. The van der Waals surface area contributed by atoms with Crippen molar-refractivity contribution in [1.29, 1.82) is 0 Å². The molecule has 0 atom stereocenters. The van der Waals surface area contributed by atoms with Crippen molar-refractivity contribution in [1.82, 2.24) is 9.97 Å². The Bertz CT molecular complexity index is 538. The summed E-state index contributed by atoms with van der Waals surface area (Å²) in [7, 11) is 0. The maximum Gasteiger partial charge on any atom is 0.141 e. The van der Waals surface area contributed by atoms with Crippen LogP contribution in [0.3, 0.4) is 0 Å². The molecule has 0 N–H and O–H groups in total. The number of nitrogens with zero attached hydrogens (tertiary/aromatic N) is 2. The number of Topliss-reactive ketones (excluding diaryl/α,β-unsaturated/α-hetero) is 1. The topological polar surface area (TPSA) is 42.9 Å². The van der Waals surface area contributed by atoms with E-state index in [-0.39, 0.29) is 22.5 Å². The maximum absolute atomic E-state index is 11.9. The zero-order valence-corrected chi connectivity index (χ0v) is 10.9. The van der Waals surface area contributed by atoms with E-state index in [2.05, 4.69) is 9.97 Å². The maximum atomic E-state index is 11.9. The van der Waals surface area contributed by atoms with Crippen LogP contribution >= 0.6 is 23.2 Å². The normalized spacial score (nSPS) is 10.3. The number of aromatic nitrogens is 2. The van der Waals surface area contributed by atoms with E-state index in [9.17, 15) is 4.79 Å². The van der Waals surface area contributed by atoms with Gasteiger partial charge >= 0.3 is 0 Å². The molecule has 0 spiro atoms. The van der Waals surface area contributed by atoms with Crippen LogP contribution in [-0.4, -0.2) is 15.8 Å². The van der Waals surface area contributed by atoms with Gasteiger partial charge in [0.1, 0.15) is 22.4 Å². The molecule has 0 aliphatic heterocycles. The molecule has 2 rings (SSSR count). The van der Waals surface area contributed by atoms with Gasteiger partial charge in [-0.15, -0.1) is 0 Å². The van der Waals surface area contributed by atoms with Gasteiger partial charge in [0, 0.05) is 18.4 Å². The Morgan fingerprint density at radius 3 is 2.22 bits per heavy atom. The first-order valence-corrected chi connectivity index (χ1v) is 6.13. The quantitative estimate of drug-likeness (QED) is 0.808. The first-order chi connectivity index (χ1) is 8.66. The van der Waals surface area contributed by atoms with Crippen molar-refractivity contribution < 1.29 is 4.79 Å². The second-order valence-corrected chi connectivity index (χ2v) is 4.53. The minimum Gasteiger partial charge on any atom is -0.299 e. The molecule has 0 bridgehead atoms. The molecule has 0 saturated heterocycles. The van der Waals surface area contributed by atoms with E-state index in [1.807, 2.05) is 30.3 Å². The Labute approximate surface area is 115 Å². The Morgan fingerprint density at radius 1 is 1.00 bits per heavy atom. The molecule has 2 aromatic rings. The molecular weight excluding hydrogens is 271 g/mol. The van der Waals surface area contributed by atoms with Crippen molar-refractivity contribution >= 4 is 29.0 Å². The lowest BCUT2D eigenvalue weighted by Crippen LogP contribution is -2.08. The summed E-state index contributed by atoms with van der Waals surface area (Å²) in [6.45, 7) is 0. The minimum absolute atomic E-state index is 0.0276. The van der Waals surface area contributed by atoms with Crippen LogP contribution in [-0.2, 0) is 17.6 Å². The molecule has 92 valence electrons. The van der Waals surface area contributed by atoms with Crippen molar-refractivity contribution in [2.45, 2.75) is 12.8 Å². The standard InChI is InChI=1S/C13H10Cl2N2O/c14-12-11(13(15)17-8-16-12)7-10(18)6-9-4-2-1-3-5-9/h1-5,8H,6-7H2. The zero-order chi connectivity index (χ0) is 13.0. The fourth-order valence-electron chi connectivity index (χ4n) is 1.60. The van der Waals surface area contributed by atoms with E-state index < -0.39 is 0 Å². The fourth-order valence-corrected chi connectivity index (χ4v) is 2.05. The summed E-state index contributed by atoms with van der Waals surface area (Å²) in [6.07, 6.45) is 1.77. The molecule has 0 saturated carbocycles. The summed E-state index contributed by atoms with van der Waals surface area (Å²) < 4.78 is 0. The van der Waals surface area contributed by atoms with Gasteiger partial charge in [-0.05, 0) is 5.56 Å². The number of hydrogen-bond donors (Lipinski definition) is 0. The lowest BCUT2D eigenvalue weighted by molar-refractivity contribution is -0.117.